The van der Waals surface area contributed by atoms with Crippen LogP contribution >= 0.6 is 11.6 Å². The van der Waals surface area contributed by atoms with Gasteiger partial charge in [-0.05, 0) is 49.3 Å². The summed E-state index contributed by atoms with van der Waals surface area (Å²) < 4.78 is 5.09. The average molecular weight is 280 g/mol. The quantitative estimate of drug-likeness (QED) is 0.922. The van der Waals surface area contributed by atoms with Gasteiger partial charge in [0.2, 0.25) is 0 Å². The fourth-order valence-electron chi connectivity index (χ4n) is 3.48. The number of benzene rings is 1. The molecule has 0 aromatic heterocycles. The van der Waals surface area contributed by atoms with E-state index in [0.717, 1.165) is 12.3 Å². The molecule has 2 fully saturated rings. The molecule has 3 atom stereocenters. The molecule has 0 radical (unpaired) electrons. The molecule has 1 aromatic rings. The molecule has 0 saturated heterocycles. The summed E-state index contributed by atoms with van der Waals surface area (Å²) in [5.74, 6) is 2.08. The van der Waals surface area contributed by atoms with Crippen LogP contribution in [0.15, 0.2) is 18.2 Å². The summed E-state index contributed by atoms with van der Waals surface area (Å²) >= 11 is 6.05. The molecule has 0 spiro atoms. The summed E-state index contributed by atoms with van der Waals surface area (Å²) in [6.45, 7) is 0. The Kier molecular flexibility index (Phi) is 3.40. The van der Waals surface area contributed by atoms with Crippen LogP contribution in [0.5, 0.6) is 5.75 Å². The van der Waals surface area contributed by atoms with Crippen molar-refractivity contribution in [1.82, 2.24) is 5.32 Å². The summed E-state index contributed by atoms with van der Waals surface area (Å²) in [6, 6.07) is 5.51. The Morgan fingerprint density at radius 1 is 1.37 bits per heavy atom. The van der Waals surface area contributed by atoms with Gasteiger partial charge in [-0.25, -0.2) is 0 Å². The number of methoxy groups -OCH3 is 1. The van der Waals surface area contributed by atoms with Gasteiger partial charge in [0.05, 0.1) is 12.1 Å². The molecule has 1 amide bonds. The first kappa shape index (κ1) is 12.8. The normalized spacial score (nSPS) is 28.4. The lowest BCUT2D eigenvalue weighted by Crippen LogP contribution is -2.38. The number of carbonyl (C=O) groups excluding carboxylic acids is 1. The largest absolute Gasteiger partial charge is 0.495 e. The van der Waals surface area contributed by atoms with Crippen molar-refractivity contribution in [3.63, 3.8) is 0 Å². The highest BCUT2D eigenvalue weighted by Gasteiger charge is 2.40. The Hall–Kier alpha value is -1.22. The molecular weight excluding hydrogens is 262 g/mol. The zero-order valence-electron chi connectivity index (χ0n) is 11.0. The Morgan fingerprint density at radius 2 is 2.21 bits per heavy atom. The standard InChI is InChI=1S/C15H18ClNO2/c1-19-14-5-4-11(8-12(14)16)15(18)17-13-7-9-2-3-10(13)6-9/h4-5,8-10,13H,2-3,6-7H2,1H3,(H,17,18)/t9-,10+,13+/m0/s1. The molecule has 3 nitrogen and oxygen atoms in total. The summed E-state index contributed by atoms with van der Waals surface area (Å²) in [5.41, 5.74) is 0.605. The highest BCUT2D eigenvalue weighted by molar-refractivity contribution is 6.32. The van der Waals surface area contributed by atoms with E-state index in [1.54, 1.807) is 25.3 Å². The minimum absolute atomic E-state index is 0.0258. The van der Waals surface area contributed by atoms with Crippen molar-refractivity contribution < 1.29 is 9.53 Å². The molecule has 4 heteroatoms. The van der Waals surface area contributed by atoms with E-state index in [9.17, 15) is 4.79 Å². The Morgan fingerprint density at radius 3 is 2.79 bits per heavy atom. The fraction of sp³-hybridized carbons (Fsp3) is 0.533. The van der Waals surface area contributed by atoms with Crippen molar-refractivity contribution in [1.29, 1.82) is 0 Å². The van der Waals surface area contributed by atoms with Crippen molar-refractivity contribution in [2.45, 2.75) is 31.7 Å². The van der Waals surface area contributed by atoms with Crippen LogP contribution in [0.1, 0.15) is 36.0 Å². The first-order valence-electron chi connectivity index (χ1n) is 6.82. The summed E-state index contributed by atoms with van der Waals surface area (Å²) in [4.78, 5) is 12.2. The smallest absolute Gasteiger partial charge is 0.251 e. The van der Waals surface area contributed by atoms with Crippen LogP contribution in [-0.4, -0.2) is 19.1 Å². The highest BCUT2D eigenvalue weighted by atomic mass is 35.5. The molecule has 102 valence electrons. The Labute approximate surface area is 118 Å². The van der Waals surface area contributed by atoms with Gasteiger partial charge >= 0.3 is 0 Å². The second-order valence-corrected chi connectivity index (χ2v) is 6.01. The maximum Gasteiger partial charge on any atom is 0.251 e. The van der Waals surface area contributed by atoms with Crippen LogP contribution in [0.2, 0.25) is 5.02 Å². The molecule has 1 aromatic carbocycles. The molecule has 19 heavy (non-hydrogen) atoms. The van der Waals surface area contributed by atoms with Crippen LogP contribution in [0.25, 0.3) is 0 Å². The molecule has 1 N–H and O–H groups in total. The topological polar surface area (TPSA) is 38.3 Å². The van der Waals surface area contributed by atoms with E-state index in [2.05, 4.69) is 5.32 Å². The molecule has 2 aliphatic rings. The van der Waals surface area contributed by atoms with E-state index < -0.39 is 0 Å². The molecule has 0 heterocycles. The van der Waals surface area contributed by atoms with E-state index in [1.807, 2.05) is 0 Å². The van der Waals surface area contributed by atoms with Crippen molar-refractivity contribution in [3.05, 3.63) is 28.8 Å². The number of fused-ring (bicyclic) bond motifs is 2. The predicted octanol–water partition coefficient (Wildman–Crippen LogP) is 3.27. The molecule has 2 bridgehead atoms. The van der Waals surface area contributed by atoms with Gasteiger partial charge in [0.15, 0.2) is 0 Å². The van der Waals surface area contributed by atoms with Crippen LogP contribution < -0.4 is 10.1 Å². The summed E-state index contributed by atoms with van der Waals surface area (Å²) in [5, 5.41) is 3.63. The predicted molar refractivity (Wildman–Crippen MR) is 74.7 cm³/mol. The number of hydrogen-bond donors (Lipinski definition) is 1. The third kappa shape index (κ3) is 2.44. The van der Waals surface area contributed by atoms with E-state index in [-0.39, 0.29) is 5.91 Å². The second kappa shape index (κ2) is 5.04. The van der Waals surface area contributed by atoms with Crippen LogP contribution in [0, 0.1) is 11.8 Å². The van der Waals surface area contributed by atoms with Crippen molar-refractivity contribution in [3.8, 4) is 5.75 Å². The zero-order chi connectivity index (χ0) is 13.4. The van der Waals surface area contributed by atoms with E-state index in [0.29, 0.717) is 28.3 Å². The third-order valence-electron chi connectivity index (χ3n) is 4.47. The van der Waals surface area contributed by atoms with Gasteiger partial charge in [0.25, 0.3) is 5.91 Å². The molecule has 2 saturated carbocycles. The number of nitrogens with one attached hydrogen (secondary N) is 1. The summed E-state index contributed by atoms with van der Waals surface area (Å²) in [7, 11) is 1.57. The molecular formula is C15H18ClNO2. The third-order valence-corrected chi connectivity index (χ3v) is 4.76. The number of amides is 1. The van der Waals surface area contributed by atoms with Gasteiger partial charge in [-0.1, -0.05) is 18.0 Å². The number of carbonyl (C=O) groups is 1. The SMILES string of the molecule is COc1ccc(C(=O)N[C@@H]2C[C@H]3CC[C@@H]2C3)cc1Cl. The zero-order valence-corrected chi connectivity index (χ0v) is 11.7. The van der Waals surface area contributed by atoms with E-state index >= 15 is 0 Å². The lowest BCUT2D eigenvalue weighted by Gasteiger charge is -2.23. The maximum absolute atomic E-state index is 12.2. The van der Waals surface area contributed by atoms with Crippen molar-refractivity contribution >= 4 is 17.5 Å². The average Bonchev–Trinajstić information content (AvgIpc) is 3.00. The minimum Gasteiger partial charge on any atom is -0.495 e. The first-order valence-corrected chi connectivity index (χ1v) is 7.19. The lowest BCUT2D eigenvalue weighted by molar-refractivity contribution is 0.0923. The molecule has 0 aliphatic heterocycles. The molecule has 2 aliphatic carbocycles. The minimum atomic E-state index is -0.0258. The number of ether oxygens (including phenoxy) is 1. The molecule has 0 unspecified atom stereocenters. The number of halogens is 1. The van der Waals surface area contributed by atoms with Gasteiger partial charge in [-0.3, -0.25) is 4.79 Å². The van der Waals surface area contributed by atoms with Gasteiger partial charge in [-0.15, -0.1) is 0 Å². The van der Waals surface area contributed by atoms with E-state index in [1.165, 1.54) is 19.3 Å². The molecule has 3 rings (SSSR count). The summed E-state index contributed by atoms with van der Waals surface area (Å²) in [6.07, 6.45) is 5.03. The van der Waals surface area contributed by atoms with Gasteiger partial charge in [0, 0.05) is 11.6 Å². The lowest BCUT2D eigenvalue weighted by atomic mass is 9.95. The van der Waals surface area contributed by atoms with Crippen molar-refractivity contribution in [2.24, 2.45) is 11.8 Å². The number of rotatable bonds is 3. The van der Waals surface area contributed by atoms with Crippen LogP contribution in [-0.2, 0) is 0 Å². The monoisotopic (exact) mass is 279 g/mol. The van der Waals surface area contributed by atoms with E-state index in [4.69, 9.17) is 16.3 Å². The first-order chi connectivity index (χ1) is 9.17. The van der Waals surface area contributed by atoms with Crippen molar-refractivity contribution in [2.75, 3.05) is 7.11 Å². The van der Waals surface area contributed by atoms with Gasteiger partial charge in [0.1, 0.15) is 5.75 Å². The second-order valence-electron chi connectivity index (χ2n) is 5.60. The highest BCUT2D eigenvalue weighted by Crippen LogP contribution is 2.44. The van der Waals surface area contributed by atoms with Crippen LogP contribution in [0.4, 0.5) is 0 Å². The number of hydrogen-bond acceptors (Lipinski definition) is 2. The Bertz CT molecular complexity index is 503. The maximum atomic E-state index is 12.2. The fourth-order valence-corrected chi connectivity index (χ4v) is 3.74. The van der Waals surface area contributed by atoms with Crippen LogP contribution in [0.3, 0.4) is 0 Å². The Balaban J connectivity index is 1.69. The van der Waals surface area contributed by atoms with Gasteiger partial charge in [-0.2, -0.15) is 0 Å². The van der Waals surface area contributed by atoms with Gasteiger partial charge < -0.3 is 10.1 Å².